The van der Waals surface area contributed by atoms with Crippen molar-refractivity contribution in [1.29, 1.82) is 0 Å². The van der Waals surface area contributed by atoms with E-state index >= 15 is 0 Å². The van der Waals surface area contributed by atoms with Crippen LogP contribution in [-0.2, 0) is 22.7 Å². The van der Waals surface area contributed by atoms with E-state index in [1.165, 1.54) is 0 Å². The van der Waals surface area contributed by atoms with E-state index in [-0.39, 0.29) is 11.6 Å². The Hall–Kier alpha value is -4.16. The lowest BCUT2D eigenvalue weighted by molar-refractivity contribution is -0.129. The van der Waals surface area contributed by atoms with Crippen molar-refractivity contribution in [2.75, 3.05) is 0 Å². The lowest BCUT2D eigenvalue weighted by Gasteiger charge is -2.14. The van der Waals surface area contributed by atoms with Gasteiger partial charge in [-0.1, -0.05) is 78.9 Å². The first-order chi connectivity index (χ1) is 17.7. The molecule has 0 unspecified atom stereocenters. The molecule has 4 aromatic carbocycles. The number of cyclic esters (lactones) is 1. The highest BCUT2D eigenvalue weighted by Gasteiger charge is 2.25. The van der Waals surface area contributed by atoms with Crippen LogP contribution in [0, 0.1) is 0 Å². The molecule has 0 aromatic heterocycles. The summed E-state index contributed by atoms with van der Waals surface area (Å²) in [6.45, 7) is 0.795. The molecular formula is C30H22BrNO4. The molecule has 5 rings (SSSR count). The average Bonchev–Trinajstić information content (AvgIpc) is 3.27. The molecular weight excluding hydrogens is 518 g/mol. The van der Waals surface area contributed by atoms with Crippen molar-refractivity contribution in [2.24, 2.45) is 4.99 Å². The second-order valence-electron chi connectivity index (χ2n) is 8.07. The summed E-state index contributed by atoms with van der Waals surface area (Å²) in [5, 5.41) is 0. The third-order valence-electron chi connectivity index (χ3n) is 5.47. The molecule has 36 heavy (non-hydrogen) atoms. The number of hydrogen-bond donors (Lipinski definition) is 0. The standard InChI is InChI=1S/C30H22BrNO4/c31-25-14-8-7-13-24(25)29-32-26(30(33)36-29)17-23-15-16-27(34-19-21-9-3-1-4-10-21)28(18-23)35-20-22-11-5-2-6-12-22/h1-18H,19-20H2/b26-17-. The highest BCUT2D eigenvalue weighted by atomic mass is 79.9. The van der Waals surface area contributed by atoms with Crippen LogP contribution >= 0.6 is 15.9 Å². The van der Waals surface area contributed by atoms with E-state index in [9.17, 15) is 4.79 Å². The zero-order valence-electron chi connectivity index (χ0n) is 19.3. The number of hydrogen-bond acceptors (Lipinski definition) is 5. The summed E-state index contributed by atoms with van der Waals surface area (Å²) in [6.07, 6.45) is 1.68. The normalized spacial score (nSPS) is 13.9. The number of carbonyl (C=O) groups is 1. The number of aliphatic imine (C=N–C) groups is 1. The summed E-state index contributed by atoms with van der Waals surface area (Å²) in [4.78, 5) is 16.9. The van der Waals surface area contributed by atoms with Gasteiger partial charge in [0.15, 0.2) is 17.2 Å². The average molecular weight is 540 g/mol. The SMILES string of the molecule is O=C1OC(c2ccccc2Br)=N/C1=C\c1ccc(OCc2ccccc2)c(OCc2ccccc2)c1. The van der Waals surface area contributed by atoms with Gasteiger partial charge in [-0.25, -0.2) is 9.79 Å². The van der Waals surface area contributed by atoms with Crippen molar-refractivity contribution in [3.8, 4) is 11.5 Å². The Morgan fingerprint density at radius 3 is 2.03 bits per heavy atom. The van der Waals surface area contributed by atoms with Crippen molar-refractivity contribution < 1.29 is 19.0 Å². The monoisotopic (exact) mass is 539 g/mol. The van der Waals surface area contributed by atoms with E-state index in [0.29, 0.717) is 30.3 Å². The van der Waals surface area contributed by atoms with Gasteiger partial charge in [0.2, 0.25) is 5.90 Å². The van der Waals surface area contributed by atoms with Crippen molar-refractivity contribution >= 4 is 33.9 Å². The van der Waals surface area contributed by atoms with Crippen molar-refractivity contribution in [2.45, 2.75) is 13.2 Å². The number of nitrogens with zero attached hydrogens (tertiary/aromatic N) is 1. The minimum absolute atomic E-state index is 0.215. The second kappa shape index (κ2) is 11.1. The molecule has 4 aromatic rings. The maximum atomic E-state index is 12.5. The first-order valence-corrected chi connectivity index (χ1v) is 12.2. The first-order valence-electron chi connectivity index (χ1n) is 11.4. The van der Waals surface area contributed by atoms with E-state index in [4.69, 9.17) is 14.2 Å². The van der Waals surface area contributed by atoms with Gasteiger partial charge in [-0.2, -0.15) is 0 Å². The fraction of sp³-hybridized carbons (Fsp3) is 0.0667. The maximum absolute atomic E-state index is 12.5. The van der Waals surface area contributed by atoms with Gasteiger partial charge in [0.1, 0.15) is 13.2 Å². The molecule has 0 atom stereocenters. The summed E-state index contributed by atoms with van der Waals surface area (Å²) in [5.74, 6) is 0.952. The van der Waals surface area contributed by atoms with Gasteiger partial charge in [0.05, 0.1) is 5.56 Å². The molecule has 0 aliphatic carbocycles. The molecule has 0 radical (unpaired) electrons. The van der Waals surface area contributed by atoms with Crippen LogP contribution in [0.15, 0.2) is 118 Å². The molecule has 0 N–H and O–H groups in total. The Morgan fingerprint density at radius 2 is 1.36 bits per heavy atom. The Morgan fingerprint density at radius 1 is 0.750 bits per heavy atom. The van der Waals surface area contributed by atoms with E-state index in [2.05, 4.69) is 20.9 Å². The molecule has 0 saturated heterocycles. The molecule has 6 heteroatoms. The molecule has 0 fully saturated rings. The van der Waals surface area contributed by atoms with Crippen LogP contribution in [0.3, 0.4) is 0 Å². The fourth-order valence-electron chi connectivity index (χ4n) is 3.63. The number of carbonyl (C=O) groups excluding carboxylic acids is 1. The predicted molar refractivity (Wildman–Crippen MR) is 143 cm³/mol. The number of ether oxygens (including phenoxy) is 3. The van der Waals surface area contributed by atoms with Gasteiger partial charge in [-0.15, -0.1) is 0 Å². The van der Waals surface area contributed by atoms with Crippen LogP contribution in [0.1, 0.15) is 22.3 Å². The van der Waals surface area contributed by atoms with Crippen LogP contribution in [0.2, 0.25) is 0 Å². The summed E-state index contributed by atoms with van der Waals surface area (Å²) < 4.78 is 18.4. The van der Waals surface area contributed by atoms with Crippen LogP contribution in [0.5, 0.6) is 11.5 Å². The maximum Gasteiger partial charge on any atom is 0.363 e. The summed E-state index contributed by atoms with van der Waals surface area (Å²) >= 11 is 3.48. The predicted octanol–water partition coefficient (Wildman–Crippen LogP) is 6.95. The Kier molecular flexibility index (Phi) is 7.24. The quantitative estimate of drug-likeness (QED) is 0.179. The molecule has 0 spiro atoms. The van der Waals surface area contributed by atoms with Gasteiger partial charge in [0, 0.05) is 4.47 Å². The smallest absolute Gasteiger partial charge is 0.363 e. The highest BCUT2D eigenvalue weighted by Crippen LogP contribution is 2.32. The zero-order valence-corrected chi connectivity index (χ0v) is 20.9. The summed E-state index contributed by atoms with van der Waals surface area (Å²) in [7, 11) is 0. The summed E-state index contributed by atoms with van der Waals surface area (Å²) in [6, 6.07) is 32.9. The molecule has 5 nitrogen and oxygen atoms in total. The van der Waals surface area contributed by atoms with Crippen LogP contribution in [-0.4, -0.2) is 11.9 Å². The molecule has 1 aliphatic rings. The number of esters is 1. The van der Waals surface area contributed by atoms with E-state index in [1.54, 1.807) is 6.08 Å². The minimum Gasteiger partial charge on any atom is -0.485 e. The molecule has 1 heterocycles. The second-order valence-corrected chi connectivity index (χ2v) is 8.92. The fourth-order valence-corrected chi connectivity index (χ4v) is 4.09. The van der Waals surface area contributed by atoms with Crippen LogP contribution in [0.4, 0.5) is 0 Å². The number of halogens is 1. The third kappa shape index (κ3) is 5.73. The van der Waals surface area contributed by atoms with Crippen molar-refractivity contribution in [1.82, 2.24) is 0 Å². The van der Waals surface area contributed by atoms with Crippen LogP contribution < -0.4 is 9.47 Å². The van der Waals surface area contributed by atoms with Crippen molar-refractivity contribution in [3.05, 3.63) is 136 Å². The first kappa shape index (κ1) is 23.6. The Labute approximate surface area is 217 Å². The van der Waals surface area contributed by atoms with Gasteiger partial charge in [-0.3, -0.25) is 0 Å². The molecule has 178 valence electrons. The lowest BCUT2D eigenvalue weighted by atomic mass is 10.1. The summed E-state index contributed by atoms with van der Waals surface area (Å²) in [5.41, 5.74) is 3.77. The van der Waals surface area contributed by atoms with E-state index < -0.39 is 5.97 Å². The number of benzene rings is 4. The van der Waals surface area contributed by atoms with Gasteiger partial charge < -0.3 is 14.2 Å². The zero-order chi connectivity index (χ0) is 24.7. The van der Waals surface area contributed by atoms with Gasteiger partial charge in [-0.05, 0) is 63.0 Å². The van der Waals surface area contributed by atoms with E-state index in [1.807, 2.05) is 103 Å². The van der Waals surface area contributed by atoms with Crippen LogP contribution in [0.25, 0.3) is 6.08 Å². The Bertz CT molecular complexity index is 1430. The largest absolute Gasteiger partial charge is 0.485 e. The third-order valence-corrected chi connectivity index (χ3v) is 6.16. The highest BCUT2D eigenvalue weighted by molar-refractivity contribution is 9.10. The molecule has 0 saturated carbocycles. The lowest BCUT2D eigenvalue weighted by Crippen LogP contribution is -2.05. The Balaban J connectivity index is 1.41. The van der Waals surface area contributed by atoms with Gasteiger partial charge in [0.25, 0.3) is 0 Å². The van der Waals surface area contributed by atoms with E-state index in [0.717, 1.165) is 21.2 Å². The van der Waals surface area contributed by atoms with Crippen molar-refractivity contribution in [3.63, 3.8) is 0 Å². The molecule has 1 aliphatic heterocycles. The van der Waals surface area contributed by atoms with Gasteiger partial charge >= 0.3 is 5.97 Å². The molecule has 0 amide bonds. The topological polar surface area (TPSA) is 57.1 Å². The number of rotatable bonds is 8. The molecule has 0 bridgehead atoms. The minimum atomic E-state index is -0.503.